The molecule has 7 heteroatoms. The van der Waals surface area contributed by atoms with Gasteiger partial charge in [0.05, 0.1) is 17.5 Å². The number of hydrogen-bond donors (Lipinski definition) is 0. The lowest BCUT2D eigenvalue weighted by Gasteiger charge is -2.17. The average Bonchev–Trinajstić information content (AvgIpc) is 3.34. The largest absolute Gasteiger partial charge is 0.491 e. The zero-order valence-corrected chi connectivity index (χ0v) is 18.9. The second-order valence-corrected chi connectivity index (χ2v) is 10.3. The number of hydrogen-bond acceptors (Lipinski definition) is 4. The van der Waals surface area contributed by atoms with Gasteiger partial charge in [0.15, 0.2) is 0 Å². The van der Waals surface area contributed by atoms with E-state index in [0.29, 0.717) is 25.4 Å². The second kappa shape index (κ2) is 8.48. The highest BCUT2D eigenvalue weighted by Crippen LogP contribution is 2.36. The van der Waals surface area contributed by atoms with Crippen molar-refractivity contribution in [1.82, 2.24) is 8.87 Å². The van der Waals surface area contributed by atoms with Gasteiger partial charge in [0.25, 0.3) is 0 Å². The van der Waals surface area contributed by atoms with Crippen LogP contribution in [0.15, 0.2) is 53.6 Å². The van der Waals surface area contributed by atoms with Crippen LogP contribution in [0.1, 0.15) is 37.3 Å². The maximum atomic E-state index is 13.2. The van der Waals surface area contributed by atoms with E-state index in [2.05, 4.69) is 18.2 Å². The maximum Gasteiger partial charge on any atom is 0.243 e. The van der Waals surface area contributed by atoms with E-state index in [1.807, 2.05) is 31.5 Å². The molecule has 4 rings (SSSR count). The molecule has 2 heterocycles. The number of ether oxygens (including phenoxy) is 1. The van der Waals surface area contributed by atoms with Crippen LogP contribution in [0, 0.1) is 6.92 Å². The van der Waals surface area contributed by atoms with Gasteiger partial charge in [-0.15, -0.1) is 0 Å². The minimum atomic E-state index is -3.57. The van der Waals surface area contributed by atoms with Gasteiger partial charge in [-0.25, -0.2) is 8.42 Å². The monoisotopic (exact) mass is 440 g/mol. The highest BCUT2D eigenvalue weighted by atomic mass is 32.2. The summed E-state index contributed by atoms with van der Waals surface area (Å²) >= 11 is 0. The Hall–Kier alpha value is -2.64. The number of sulfonamides is 1. The molecule has 2 aromatic carbocycles. The van der Waals surface area contributed by atoms with Crippen molar-refractivity contribution in [2.75, 3.05) is 13.1 Å². The van der Waals surface area contributed by atoms with Gasteiger partial charge < -0.3 is 14.1 Å². The third kappa shape index (κ3) is 4.25. The van der Waals surface area contributed by atoms with Crippen molar-refractivity contribution in [2.45, 2.75) is 50.7 Å². The Balaban J connectivity index is 1.58. The topological polar surface area (TPSA) is 68.6 Å². The number of benzene rings is 2. The number of carbonyl (C=O) groups excluding carboxylic acids is 1. The van der Waals surface area contributed by atoms with Crippen LogP contribution in [0.5, 0.6) is 5.75 Å². The summed E-state index contributed by atoms with van der Waals surface area (Å²) in [6.07, 6.45) is 3.69. The van der Waals surface area contributed by atoms with Crippen LogP contribution >= 0.6 is 0 Å². The van der Waals surface area contributed by atoms with E-state index in [1.165, 1.54) is 0 Å². The number of aldehydes is 1. The van der Waals surface area contributed by atoms with E-state index in [4.69, 9.17) is 4.74 Å². The van der Waals surface area contributed by atoms with Crippen molar-refractivity contribution < 1.29 is 17.9 Å². The van der Waals surface area contributed by atoms with Gasteiger partial charge in [-0.05, 0) is 68.7 Å². The number of aryl methyl sites for hydroxylation is 1. The van der Waals surface area contributed by atoms with E-state index in [1.54, 1.807) is 28.6 Å². The summed E-state index contributed by atoms with van der Waals surface area (Å²) in [4.78, 5) is 11.4. The molecule has 0 spiro atoms. The van der Waals surface area contributed by atoms with Crippen LogP contribution in [0.4, 0.5) is 0 Å². The predicted molar refractivity (Wildman–Crippen MR) is 121 cm³/mol. The van der Waals surface area contributed by atoms with Gasteiger partial charge in [-0.1, -0.05) is 12.1 Å². The highest BCUT2D eigenvalue weighted by molar-refractivity contribution is 7.89. The summed E-state index contributed by atoms with van der Waals surface area (Å²) in [5.41, 5.74) is 3.25. The van der Waals surface area contributed by atoms with Gasteiger partial charge in [0.1, 0.15) is 12.0 Å². The molecule has 0 amide bonds. The van der Waals surface area contributed by atoms with Gasteiger partial charge in [0, 0.05) is 36.1 Å². The van der Waals surface area contributed by atoms with Crippen LogP contribution in [0.3, 0.4) is 0 Å². The van der Waals surface area contributed by atoms with E-state index in [-0.39, 0.29) is 16.9 Å². The minimum Gasteiger partial charge on any atom is -0.491 e. The van der Waals surface area contributed by atoms with Crippen LogP contribution in [-0.4, -0.2) is 42.8 Å². The molecule has 1 aliphatic rings. The first-order valence-corrected chi connectivity index (χ1v) is 12.0. The summed E-state index contributed by atoms with van der Waals surface area (Å²) in [7, 11) is -3.57. The number of rotatable bonds is 7. The first kappa shape index (κ1) is 21.6. The van der Waals surface area contributed by atoms with Crippen LogP contribution in [0.2, 0.25) is 0 Å². The van der Waals surface area contributed by atoms with Crippen molar-refractivity contribution in [1.29, 1.82) is 0 Å². The Labute approximate surface area is 183 Å². The van der Waals surface area contributed by atoms with Crippen LogP contribution in [0.25, 0.3) is 10.9 Å². The molecule has 0 saturated carbocycles. The molecule has 3 aromatic rings. The zero-order chi connectivity index (χ0) is 22.2. The van der Waals surface area contributed by atoms with Crippen molar-refractivity contribution in [3.63, 3.8) is 0 Å². The van der Waals surface area contributed by atoms with Gasteiger partial charge in [-0.2, -0.15) is 4.31 Å². The fourth-order valence-corrected chi connectivity index (χ4v) is 5.80. The molecule has 1 aliphatic heterocycles. The van der Waals surface area contributed by atoms with Crippen molar-refractivity contribution in [3.8, 4) is 5.75 Å². The molecule has 1 saturated heterocycles. The third-order valence-corrected chi connectivity index (χ3v) is 7.64. The number of nitrogens with zero attached hydrogens (tertiary/aromatic N) is 2. The second-order valence-electron chi connectivity index (χ2n) is 8.41. The Morgan fingerprint density at radius 3 is 2.58 bits per heavy atom. The fraction of sp³-hybridized carbons (Fsp3) is 0.375. The summed E-state index contributed by atoms with van der Waals surface area (Å²) in [6.45, 7) is 7.09. The number of carbonyl (C=O) groups is 1. The lowest BCUT2D eigenvalue weighted by atomic mass is 9.97. The van der Waals surface area contributed by atoms with Gasteiger partial charge >= 0.3 is 0 Å². The molecule has 164 valence electrons. The first-order valence-electron chi connectivity index (χ1n) is 10.6. The molecule has 0 N–H and O–H groups in total. The van der Waals surface area contributed by atoms with Gasteiger partial charge in [0.2, 0.25) is 10.0 Å². The summed E-state index contributed by atoms with van der Waals surface area (Å²) < 4.78 is 35.5. The minimum absolute atomic E-state index is 0.0342. The van der Waals surface area contributed by atoms with Crippen molar-refractivity contribution in [2.24, 2.45) is 0 Å². The molecule has 6 nitrogen and oxygen atoms in total. The lowest BCUT2D eigenvalue weighted by molar-refractivity contribution is -0.108. The maximum absolute atomic E-state index is 13.2. The molecule has 1 fully saturated rings. The summed E-state index contributed by atoms with van der Waals surface area (Å²) in [5, 5.41) is 1.09. The predicted octanol–water partition coefficient (Wildman–Crippen LogP) is 4.11. The standard InChI is InChI=1S/C24H28N2O4S/c1-17(2)30-20-5-7-21(8-6-20)31(28,29)26-11-10-19(15-26)23-16-25(12-13-27)24-14-18(3)4-9-22(23)24/h4-9,13-14,16-17,19H,10-12,15H2,1-3H3. The van der Waals surface area contributed by atoms with E-state index in [0.717, 1.165) is 34.7 Å². The van der Waals surface area contributed by atoms with Crippen LogP contribution in [-0.2, 0) is 21.4 Å². The lowest BCUT2D eigenvalue weighted by Crippen LogP contribution is -2.28. The first-order chi connectivity index (χ1) is 14.8. The van der Waals surface area contributed by atoms with E-state index >= 15 is 0 Å². The molecule has 0 radical (unpaired) electrons. The molecular formula is C24H28N2O4S. The quantitative estimate of drug-likeness (QED) is 0.519. The smallest absolute Gasteiger partial charge is 0.243 e. The Bertz CT molecular complexity index is 1200. The zero-order valence-electron chi connectivity index (χ0n) is 18.1. The Kier molecular flexibility index (Phi) is 5.90. The number of aromatic nitrogens is 1. The number of fused-ring (bicyclic) bond motifs is 1. The third-order valence-electron chi connectivity index (χ3n) is 5.76. The molecule has 1 aromatic heterocycles. The van der Waals surface area contributed by atoms with Crippen molar-refractivity contribution >= 4 is 27.2 Å². The van der Waals surface area contributed by atoms with Gasteiger partial charge in [-0.3, -0.25) is 0 Å². The van der Waals surface area contributed by atoms with Crippen molar-refractivity contribution in [3.05, 3.63) is 59.8 Å². The molecule has 31 heavy (non-hydrogen) atoms. The summed E-state index contributed by atoms with van der Waals surface area (Å²) in [5.74, 6) is 0.753. The summed E-state index contributed by atoms with van der Waals surface area (Å²) in [6, 6.07) is 12.8. The fourth-order valence-electron chi connectivity index (χ4n) is 4.30. The normalized spacial score (nSPS) is 17.5. The van der Waals surface area contributed by atoms with Crippen LogP contribution < -0.4 is 4.74 Å². The Morgan fingerprint density at radius 1 is 1.16 bits per heavy atom. The molecule has 0 bridgehead atoms. The highest BCUT2D eigenvalue weighted by Gasteiger charge is 2.34. The SMILES string of the molecule is Cc1ccc2c(C3CCN(S(=O)(=O)c4ccc(OC(C)C)cc4)C3)cn(CC=O)c2c1. The Morgan fingerprint density at radius 2 is 1.90 bits per heavy atom. The molecule has 1 atom stereocenters. The average molecular weight is 441 g/mol. The molecule has 0 aliphatic carbocycles. The van der Waals surface area contributed by atoms with E-state index < -0.39 is 10.0 Å². The van der Waals surface area contributed by atoms with E-state index in [9.17, 15) is 13.2 Å². The molecular weight excluding hydrogens is 412 g/mol. The molecule has 1 unspecified atom stereocenters.